The van der Waals surface area contributed by atoms with Crippen molar-refractivity contribution >= 4 is 38.6 Å². The molecule has 0 bridgehead atoms. The van der Waals surface area contributed by atoms with Crippen molar-refractivity contribution in [3.8, 4) is 0 Å². The van der Waals surface area contributed by atoms with Gasteiger partial charge in [0.2, 0.25) is 0 Å². The highest BCUT2D eigenvalue weighted by atomic mass is 35.5. The second kappa shape index (κ2) is 5.47. The summed E-state index contributed by atoms with van der Waals surface area (Å²) in [5.74, 6) is 0. The molecule has 0 aliphatic rings. The van der Waals surface area contributed by atoms with Crippen LogP contribution >= 0.6 is 22.9 Å². The fourth-order valence-corrected chi connectivity index (χ4v) is 4.33. The summed E-state index contributed by atoms with van der Waals surface area (Å²) in [4.78, 5) is 3.78. The Morgan fingerprint density at radius 1 is 1.24 bits per heavy atom. The maximum absolute atomic E-state index is 12.4. The lowest BCUT2D eigenvalue weighted by atomic mass is 10.2. The van der Waals surface area contributed by atoms with Gasteiger partial charge in [0.1, 0.15) is 0 Å². The number of hydrogen-bond donors (Lipinski definition) is 1. The summed E-state index contributed by atoms with van der Waals surface area (Å²) in [6.45, 7) is 1.48. The van der Waals surface area contributed by atoms with Gasteiger partial charge >= 0.3 is 6.18 Å². The number of rotatable bonds is 3. The molecule has 1 N–H and O–H groups in total. The molecule has 0 unspecified atom stereocenters. The van der Waals surface area contributed by atoms with Crippen LogP contribution in [0, 0.1) is 6.92 Å². The lowest BCUT2D eigenvalue weighted by Gasteiger charge is -2.09. The average molecular weight is 357 g/mol. The van der Waals surface area contributed by atoms with Gasteiger partial charge in [-0.2, -0.15) is 13.2 Å². The van der Waals surface area contributed by atoms with Crippen molar-refractivity contribution in [3.63, 3.8) is 0 Å². The van der Waals surface area contributed by atoms with Crippen molar-refractivity contribution in [1.82, 2.24) is 4.98 Å². The summed E-state index contributed by atoms with van der Waals surface area (Å²) in [5.41, 5.74) is -0.612. The number of alkyl halides is 3. The molecule has 0 fully saturated rings. The Morgan fingerprint density at radius 2 is 1.81 bits per heavy atom. The molecule has 0 atom stereocenters. The molecule has 4 nitrogen and oxygen atoms in total. The first-order chi connectivity index (χ1) is 9.59. The number of nitrogens with zero attached hydrogens (tertiary/aromatic N) is 1. The Bertz CT molecular complexity index is 755. The first kappa shape index (κ1) is 16.1. The van der Waals surface area contributed by atoms with Crippen molar-refractivity contribution in [3.05, 3.63) is 40.0 Å². The number of sulfonamides is 1. The molecule has 114 valence electrons. The Morgan fingerprint density at radius 3 is 2.24 bits per heavy atom. The summed E-state index contributed by atoms with van der Waals surface area (Å²) in [6, 6.07) is 3.67. The maximum Gasteiger partial charge on any atom is 0.416 e. The first-order valence-corrected chi connectivity index (χ1v) is 8.10. The largest absolute Gasteiger partial charge is 0.416 e. The monoisotopic (exact) mass is 356 g/mol. The summed E-state index contributed by atoms with van der Waals surface area (Å²) in [6.07, 6.45) is -4.47. The van der Waals surface area contributed by atoms with Crippen LogP contribution in [0.5, 0.6) is 0 Å². The van der Waals surface area contributed by atoms with Gasteiger partial charge < -0.3 is 0 Å². The summed E-state index contributed by atoms with van der Waals surface area (Å²) >= 11 is 6.41. The minimum absolute atomic E-state index is 0.0203. The molecule has 2 aromatic rings. The fourth-order valence-electron chi connectivity index (χ4n) is 1.53. The lowest BCUT2D eigenvalue weighted by molar-refractivity contribution is -0.137. The van der Waals surface area contributed by atoms with E-state index in [0.29, 0.717) is 0 Å². The van der Waals surface area contributed by atoms with Crippen LogP contribution in [0.4, 0.5) is 18.9 Å². The first-order valence-electron chi connectivity index (χ1n) is 5.42. The lowest BCUT2D eigenvalue weighted by Crippen LogP contribution is -2.13. The van der Waals surface area contributed by atoms with Gasteiger partial charge in [0.25, 0.3) is 10.0 Å². The van der Waals surface area contributed by atoms with Crippen LogP contribution < -0.4 is 4.72 Å². The molecule has 1 aromatic carbocycles. The Kier molecular flexibility index (Phi) is 4.18. The van der Waals surface area contributed by atoms with Gasteiger partial charge in [-0.25, -0.2) is 13.4 Å². The second-order valence-electron chi connectivity index (χ2n) is 4.02. The Balaban J connectivity index is 2.27. The highest BCUT2D eigenvalue weighted by Crippen LogP contribution is 2.31. The van der Waals surface area contributed by atoms with E-state index in [0.717, 1.165) is 35.6 Å². The van der Waals surface area contributed by atoms with Crippen LogP contribution in [0.3, 0.4) is 0 Å². The SMILES string of the molecule is Cc1nc(Cl)sc1S(=O)(=O)Nc1ccc(C(F)(F)F)cc1. The molecule has 10 heteroatoms. The van der Waals surface area contributed by atoms with E-state index in [2.05, 4.69) is 9.71 Å². The number of aromatic nitrogens is 1. The standard InChI is InChI=1S/C11H8ClF3N2O2S2/c1-6-9(20-10(12)16-6)21(18,19)17-8-4-2-7(3-5-8)11(13,14)15/h2-5,17H,1H3. The summed E-state index contributed by atoms with van der Waals surface area (Å²) in [5, 5.41) is 0. The zero-order valence-electron chi connectivity index (χ0n) is 10.4. The predicted octanol–water partition coefficient (Wildman–Crippen LogP) is 3.92. The van der Waals surface area contributed by atoms with E-state index in [1.165, 1.54) is 6.92 Å². The third kappa shape index (κ3) is 3.66. The van der Waals surface area contributed by atoms with Crippen LogP contribution in [-0.2, 0) is 16.2 Å². The molecule has 1 aromatic heterocycles. The van der Waals surface area contributed by atoms with Crippen molar-refractivity contribution in [2.24, 2.45) is 0 Å². The van der Waals surface area contributed by atoms with Crippen molar-refractivity contribution in [2.75, 3.05) is 4.72 Å². The molecule has 0 amide bonds. The van der Waals surface area contributed by atoms with Gasteiger partial charge in [0, 0.05) is 5.69 Å². The molecule has 0 aliphatic heterocycles. The molecule has 0 radical (unpaired) electrons. The minimum atomic E-state index is -4.47. The zero-order valence-corrected chi connectivity index (χ0v) is 12.8. The van der Waals surface area contributed by atoms with E-state index in [-0.39, 0.29) is 20.1 Å². The highest BCUT2D eigenvalue weighted by Gasteiger charge is 2.30. The van der Waals surface area contributed by atoms with Crippen LogP contribution in [0.25, 0.3) is 0 Å². The van der Waals surface area contributed by atoms with Gasteiger partial charge in [0.15, 0.2) is 8.68 Å². The van der Waals surface area contributed by atoms with Crippen LogP contribution in [0.15, 0.2) is 28.5 Å². The van der Waals surface area contributed by atoms with Gasteiger partial charge in [-0.05, 0) is 31.2 Å². The highest BCUT2D eigenvalue weighted by molar-refractivity contribution is 7.94. The van der Waals surface area contributed by atoms with Crippen LogP contribution in [-0.4, -0.2) is 13.4 Å². The normalized spacial score (nSPS) is 12.4. The number of anilines is 1. The van der Waals surface area contributed by atoms with Crippen LogP contribution in [0.2, 0.25) is 4.47 Å². The molecule has 0 saturated heterocycles. The molecular formula is C11H8ClF3N2O2S2. The molecule has 1 heterocycles. The predicted molar refractivity (Wildman–Crippen MR) is 74.1 cm³/mol. The molecule has 0 spiro atoms. The zero-order chi connectivity index (χ0) is 15.8. The minimum Gasteiger partial charge on any atom is -0.279 e. The second-order valence-corrected chi connectivity index (χ2v) is 7.48. The molecule has 0 aliphatic carbocycles. The number of nitrogens with one attached hydrogen (secondary N) is 1. The van der Waals surface area contributed by atoms with E-state index in [1.807, 2.05) is 0 Å². The van der Waals surface area contributed by atoms with E-state index < -0.39 is 21.8 Å². The third-order valence-corrected chi connectivity index (χ3v) is 5.69. The van der Waals surface area contributed by atoms with E-state index in [4.69, 9.17) is 11.6 Å². The molecule has 2 rings (SSSR count). The molecule has 21 heavy (non-hydrogen) atoms. The van der Waals surface area contributed by atoms with Crippen molar-refractivity contribution < 1.29 is 21.6 Å². The van der Waals surface area contributed by atoms with Crippen molar-refractivity contribution in [2.45, 2.75) is 17.3 Å². The number of aryl methyl sites for hydroxylation is 1. The number of halogens is 4. The topological polar surface area (TPSA) is 59.1 Å². The van der Waals surface area contributed by atoms with E-state index >= 15 is 0 Å². The average Bonchev–Trinajstić information content (AvgIpc) is 2.68. The van der Waals surface area contributed by atoms with Gasteiger partial charge in [0.05, 0.1) is 11.3 Å². The summed E-state index contributed by atoms with van der Waals surface area (Å²) in [7, 11) is -3.93. The van der Waals surface area contributed by atoms with E-state index in [1.54, 1.807) is 0 Å². The maximum atomic E-state index is 12.4. The third-order valence-electron chi connectivity index (χ3n) is 2.44. The summed E-state index contributed by atoms with van der Waals surface area (Å²) < 4.78 is 63.6. The van der Waals surface area contributed by atoms with Gasteiger partial charge in [-0.15, -0.1) is 0 Å². The van der Waals surface area contributed by atoms with Gasteiger partial charge in [-0.1, -0.05) is 22.9 Å². The quantitative estimate of drug-likeness (QED) is 0.906. The van der Waals surface area contributed by atoms with E-state index in [9.17, 15) is 21.6 Å². The van der Waals surface area contributed by atoms with Crippen molar-refractivity contribution in [1.29, 1.82) is 0 Å². The number of benzene rings is 1. The smallest absolute Gasteiger partial charge is 0.279 e. The Labute approximate surface area is 127 Å². The Hall–Kier alpha value is -1.32. The fraction of sp³-hybridized carbons (Fsp3) is 0.182. The number of hydrogen-bond acceptors (Lipinski definition) is 4. The number of thiazole rings is 1. The van der Waals surface area contributed by atoms with Gasteiger partial charge in [-0.3, -0.25) is 4.72 Å². The molecular weight excluding hydrogens is 349 g/mol. The van der Waals surface area contributed by atoms with Crippen LogP contribution in [0.1, 0.15) is 11.3 Å². The molecule has 0 saturated carbocycles.